The van der Waals surface area contributed by atoms with Crippen LogP contribution < -0.4 is 0 Å². The van der Waals surface area contributed by atoms with Crippen molar-refractivity contribution in [3.8, 4) is 0 Å². The van der Waals surface area contributed by atoms with Gasteiger partial charge in [0.25, 0.3) is 0 Å². The van der Waals surface area contributed by atoms with Gasteiger partial charge in [-0.25, -0.2) is 0 Å². The van der Waals surface area contributed by atoms with E-state index in [9.17, 15) is 4.79 Å². The maximum absolute atomic E-state index is 11.6. The van der Waals surface area contributed by atoms with E-state index >= 15 is 0 Å². The van der Waals surface area contributed by atoms with Crippen molar-refractivity contribution in [2.24, 2.45) is 5.92 Å². The Morgan fingerprint density at radius 3 is 2.67 bits per heavy atom. The van der Waals surface area contributed by atoms with Crippen LogP contribution in [0, 0.1) is 5.92 Å². The maximum Gasteiger partial charge on any atom is 0.175 e. The van der Waals surface area contributed by atoms with Gasteiger partial charge in [0, 0.05) is 5.92 Å². The molecule has 1 aliphatic carbocycles. The third-order valence-corrected chi connectivity index (χ3v) is 3.54. The van der Waals surface area contributed by atoms with Gasteiger partial charge in [-0.15, -0.1) is 11.3 Å². The van der Waals surface area contributed by atoms with Gasteiger partial charge in [0.15, 0.2) is 5.78 Å². The van der Waals surface area contributed by atoms with Gasteiger partial charge in [-0.2, -0.15) is 0 Å². The van der Waals surface area contributed by atoms with Crippen molar-refractivity contribution >= 4 is 28.7 Å². The van der Waals surface area contributed by atoms with Crippen molar-refractivity contribution in [1.29, 1.82) is 0 Å². The van der Waals surface area contributed by atoms with E-state index in [4.69, 9.17) is 11.6 Å². The van der Waals surface area contributed by atoms with Gasteiger partial charge < -0.3 is 0 Å². The molecule has 0 bridgehead atoms. The Bertz CT molecular complexity index is 301. The zero-order valence-corrected chi connectivity index (χ0v) is 8.12. The monoisotopic (exact) mass is 200 g/mol. The van der Waals surface area contributed by atoms with Crippen molar-refractivity contribution in [2.75, 3.05) is 0 Å². The maximum atomic E-state index is 11.6. The van der Waals surface area contributed by atoms with Gasteiger partial charge in [-0.1, -0.05) is 18.0 Å². The van der Waals surface area contributed by atoms with Crippen LogP contribution in [-0.2, 0) is 0 Å². The second-order valence-corrected chi connectivity index (χ2v) is 4.81. The van der Waals surface area contributed by atoms with Crippen LogP contribution in [0.2, 0.25) is 4.34 Å². The third-order valence-electron chi connectivity index (χ3n) is 2.29. The van der Waals surface area contributed by atoms with Gasteiger partial charge in [0.05, 0.1) is 9.21 Å². The lowest BCUT2D eigenvalue weighted by molar-refractivity contribution is 0.0859. The quantitative estimate of drug-likeness (QED) is 0.669. The number of carbonyl (C=O) groups excluding carboxylic acids is 1. The van der Waals surface area contributed by atoms with E-state index in [0.717, 1.165) is 17.7 Å². The van der Waals surface area contributed by atoms with E-state index in [-0.39, 0.29) is 5.78 Å². The first kappa shape index (κ1) is 8.27. The fourth-order valence-electron chi connectivity index (χ4n) is 1.32. The third kappa shape index (κ3) is 1.41. The largest absolute Gasteiger partial charge is 0.293 e. The van der Waals surface area contributed by atoms with E-state index in [0.29, 0.717) is 10.3 Å². The normalized spacial score (nSPS) is 17.4. The van der Waals surface area contributed by atoms with E-state index in [2.05, 4.69) is 0 Å². The van der Waals surface area contributed by atoms with E-state index < -0.39 is 0 Å². The molecule has 12 heavy (non-hydrogen) atoms. The summed E-state index contributed by atoms with van der Waals surface area (Å²) in [6.07, 6.45) is 3.33. The summed E-state index contributed by atoms with van der Waals surface area (Å²) in [6.45, 7) is 0. The predicted octanol–water partition coefficient (Wildman–Crippen LogP) is 3.38. The van der Waals surface area contributed by atoms with Gasteiger partial charge >= 0.3 is 0 Å². The highest BCUT2D eigenvalue weighted by molar-refractivity contribution is 7.18. The Labute approximate surface area is 80.4 Å². The van der Waals surface area contributed by atoms with Crippen LogP contribution in [0.4, 0.5) is 0 Å². The molecule has 0 amide bonds. The molecule has 1 fully saturated rings. The number of hydrogen-bond donors (Lipinski definition) is 0. The Kier molecular flexibility index (Phi) is 2.20. The number of hydrogen-bond acceptors (Lipinski definition) is 2. The van der Waals surface area contributed by atoms with E-state index in [1.165, 1.54) is 17.8 Å². The minimum absolute atomic E-state index is 0.290. The fraction of sp³-hybridized carbons (Fsp3) is 0.444. The number of Topliss-reactive ketones (excluding diaryl/α,β-unsaturated/α-hetero) is 1. The molecular formula is C9H9ClOS. The second kappa shape index (κ2) is 3.19. The molecule has 3 heteroatoms. The van der Waals surface area contributed by atoms with Crippen molar-refractivity contribution in [1.82, 2.24) is 0 Å². The predicted molar refractivity (Wildman–Crippen MR) is 51.0 cm³/mol. The molecule has 1 aromatic heterocycles. The van der Waals surface area contributed by atoms with Crippen molar-refractivity contribution in [2.45, 2.75) is 19.3 Å². The molecule has 64 valence electrons. The Morgan fingerprint density at radius 1 is 1.50 bits per heavy atom. The summed E-state index contributed by atoms with van der Waals surface area (Å²) in [6, 6.07) is 3.62. The highest BCUT2D eigenvalue weighted by atomic mass is 35.5. The number of thiophene rings is 1. The standard InChI is InChI=1S/C9H9ClOS/c10-8-5-4-7(12-8)9(11)6-2-1-3-6/h4-6H,1-3H2. The minimum atomic E-state index is 0.290. The van der Waals surface area contributed by atoms with E-state index in [1.807, 2.05) is 6.07 Å². The van der Waals surface area contributed by atoms with Crippen LogP contribution >= 0.6 is 22.9 Å². The SMILES string of the molecule is O=C(c1ccc(Cl)s1)C1CCC1. The summed E-state index contributed by atoms with van der Waals surface area (Å²) in [7, 11) is 0. The van der Waals surface area contributed by atoms with Crippen LogP contribution in [0.1, 0.15) is 28.9 Å². The first-order valence-corrected chi connectivity index (χ1v) is 5.26. The zero-order valence-electron chi connectivity index (χ0n) is 6.55. The summed E-state index contributed by atoms with van der Waals surface area (Å²) in [4.78, 5) is 12.4. The molecule has 1 aromatic rings. The number of ketones is 1. The Morgan fingerprint density at radius 2 is 2.25 bits per heavy atom. The molecule has 0 radical (unpaired) electrons. The topological polar surface area (TPSA) is 17.1 Å². The lowest BCUT2D eigenvalue weighted by Gasteiger charge is -2.22. The van der Waals surface area contributed by atoms with Crippen molar-refractivity contribution < 1.29 is 4.79 Å². The molecule has 0 aromatic carbocycles. The summed E-state index contributed by atoms with van der Waals surface area (Å²) in [5.74, 6) is 0.581. The van der Waals surface area contributed by atoms with Gasteiger partial charge in [-0.3, -0.25) is 4.79 Å². The number of halogens is 1. The van der Waals surface area contributed by atoms with E-state index in [1.54, 1.807) is 6.07 Å². The first-order chi connectivity index (χ1) is 5.77. The molecular weight excluding hydrogens is 192 g/mol. The molecule has 2 rings (SSSR count). The van der Waals surface area contributed by atoms with Crippen LogP contribution in [0.5, 0.6) is 0 Å². The van der Waals surface area contributed by atoms with Gasteiger partial charge in [0.2, 0.25) is 0 Å². The summed E-state index contributed by atoms with van der Waals surface area (Å²) >= 11 is 7.13. The average Bonchev–Trinajstić information content (AvgIpc) is 2.31. The fourth-order valence-corrected chi connectivity index (χ4v) is 2.38. The van der Waals surface area contributed by atoms with Crippen LogP contribution in [0.25, 0.3) is 0 Å². The molecule has 0 atom stereocenters. The highest BCUT2D eigenvalue weighted by Gasteiger charge is 2.26. The van der Waals surface area contributed by atoms with Gasteiger partial charge in [-0.05, 0) is 25.0 Å². The van der Waals surface area contributed by atoms with Crippen LogP contribution in [-0.4, -0.2) is 5.78 Å². The summed E-state index contributed by atoms with van der Waals surface area (Å²) < 4.78 is 0.706. The molecule has 1 nitrogen and oxygen atoms in total. The smallest absolute Gasteiger partial charge is 0.175 e. The van der Waals surface area contributed by atoms with Crippen molar-refractivity contribution in [3.63, 3.8) is 0 Å². The van der Waals surface area contributed by atoms with Crippen LogP contribution in [0.15, 0.2) is 12.1 Å². The first-order valence-electron chi connectivity index (χ1n) is 4.07. The highest BCUT2D eigenvalue weighted by Crippen LogP contribution is 2.32. The molecule has 1 heterocycles. The summed E-state index contributed by atoms with van der Waals surface area (Å²) in [5.41, 5.74) is 0. The number of carbonyl (C=O) groups is 1. The van der Waals surface area contributed by atoms with Crippen LogP contribution in [0.3, 0.4) is 0 Å². The zero-order chi connectivity index (χ0) is 8.55. The number of rotatable bonds is 2. The minimum Gasteiger partial charge on any atom is -0.293 e. The second-order valence-electron chi connectivity index (χ2n) is 3.10. The molecule has 0 N–H and O–H groups in total. The lowest BCUT2D eigenvalue weighted by Crippen LogP contribution is -2.20. The molecule has 0 saturated heterocycles. The Hall–Kier alpha value is -0.340. The summed E-state index contributed by atoms with van der Waals surface area (Å²) in [5, 5.41) is 0. The average molecular weight is 201 g/mol. The lowest BCUT2D eigenvalue weighted by atomic mass is 9.82. The Balaban J connectivity index is 2.13. The molecule has 0 aliphatic heterocycles. The molecule has 1 saturated carbocycles. The molecule has 0 spiro atoms. The van der Waals surface area contributed by atoms with Gasteiger partial charge in [0.1, 0.15) is 0 Å². The van der Waals surface area contributed by atoms with Crippen molar-refractivity contribution in [3.05, 3.63) is 21.3 Å². The molecule has 0 unspecified atom stereocenters. The molecule has 1 aliphatic rings.